The van der Waals surface area contributed by atoms with Crippen LogP contribution in [0.5, 0.6) is 17.2 Å². The molecule has 4 nitrogen and oxygen atoms in total. The molecule has 1 atom stereocenters. The highest BCUT2D eigenvalue weighted by Crippen LogP contribution is 2.36. The van der Waals surface area contributed by atoms with E-state index in [9.17, 15) is 5.11 Å². The summed E-state index contributed by atoms with van der Waals surface area (Å²) >= 11 is 4.64. The maximum atomic E-state index is 10.0. The number of phenolic OH excluding ortho intramolecular Hbond substituents is 1. The Morgan fingerprint density at radius 2 is 1.80 bits per heavy atom. The normalized spacial score (nSPS) is 15.9. The molecular formula is C18H20ClI2NO3. The van der Waals surface area contributed by atoms with Gasteiger partial charge >= 0.3 is 0 Å². The van der Waals surface area contributed by atoms with Gasteiger partial charge in [-0.1, -0.05) is 0 Å². The van der Waals surface area contributed by atoms with Gasteiger partial charge in [0.15, 0.2) is 11.5 Å². The smallest absolute Gasteiger partial charge is 0.160 e. The predicted molar refractivity (Wildman–Crippen MR) is 118 cm³/mol. The number of hydrogen-bond acceptors (Lipinski definition) is 4. The molecule has 1 heterocycles. The topological polar surface area (TPSA) is 50.7 Å². The van der Waals surface area contributed by atoms with Gasteiger partial charge in [0.1, 0.15) is 5.75 Å². The van der Waals surface area contributed by atoms with Gasteiger partial charge < -0.3 is 19.9 Å². The molecule has 0 fully saturated rings. The van der Waals surface area contributed by atoms with Crippen LogP contribution < -0.4 is 14.8 Å². The number of fused-ring (bicyclic) bond motifs is 1. The summed E-state index contributed by atoms with van der Waals surface area (Å²) in [6.07, 6.45) is 1.80. The number of benzene rings is 2. The van der Waals surface area contributed by atoms with Crippen LogP contribution in [0.3, 0.4) is 0 Å². The minimum absolute atomic E-state index is 0. The Morgan fingerprint density at radius 1 is 1.12 bits per heavy atom. The molecule has 0 radical (unpaired) electrons. The summed E-state index contributed by atoms with van der Waals surface area (Å²) < 4.78 is 13.0. The summed E-state index contributed by atoms with van der Waals surface area (Å²) in [5.41, 5.74) is 3.66. The second-order valence-corrected chi connectivity index (χ2v) is 8.10. The first kappa shape index (κ1) is 20.9. The maximum Gasteiger partial charge on any atom is 0.160 e. The van der Waals surface area contributed by atoms with Gasteiger partial charge in [-0.15, -0.1) is 12.4 Å². The van der Waals surface area contributed by atoms with Gasteiger partial charge in [0.05, 0.1) is 21.4 Å². The number of halogens is 3. The van der Waals surface area contributed by atoms with E-state index in [1.807, 2.05) is 12.1 Å². The standard InChI is InChI=1S/C18H19I2NO3.ClH/c1-23-17-9-12-11(8-16(17)22)3-4-21-15(12)7-10-5-13(19)18(24-2)14(20)6-10;/h5-6,8-9,15,21-22H,3-4,7H2,1-2H3;1H/t15-;/m0./s1. The number of phenols is 1. The number of methoxy groups -OCH3 is 2. The van der Waals surface area contributed by atoms with Crippen molar-refractivity contribution in [2.24, 2.45) is 0 Å². The molecule has 2 aromatic carbocycles. The number of nitrogens with one attached hydrogen (secondary N) is 1. The number of ether oxygens (including phenoxy) is 2. The van der Waals surface area contributed by atoms with Crippen LogP contribution in [0.1, 0.15) is 22.7 Å². The summed E-state index contributed by atoms with van der Waals surface area (Å²) in [5.74, 6) is 1.68. The molecular weight excluding hydrogens is 567 g/mol. The lowest BCUT2D eigenvalue weighted by Crippen LogP contribution is -2.31. The molecule has 0 bridgehead atoms. The van der Waals surface area contributed by atoms with Crippen molar-refractivity contribution in [2.45, 2.75) is 18.9 Å². The molecule has 2 N–H and O–H groups in total. The van der Waals surface area contributed by atoms with Crippen LogP contribution in [0.2, 0.25) is 0 Å². The highest BCUT2D eigenvalue weighted by atomic mass is 127. The summed E-state index contributed by atoms with van der Waals surface area (Å²) in [4.78, 5) is 0. The first-order chi connectivity index (χ1) is 11.5. The molecule has 2 aromatic rings. The Labute approximate surface area is 181 Å². The average Bonchev–Trinajstić information content (AvgIpc) is 2.54. The number of aromatic hydroxyl groups is 1. The van der Waals surface area contributed by atoms with Gasteiger partial charge in [0.2, 0.25) is 0 Å². The Hall–Kier alpha value is -0.450. The van der Waals surface area contributed by atoms with Gasteiger partial charge in [-0.05, 0) is 106 Å². The van der Waals surface area contributed by atoms with E-state index >= 15 is 0 Å². The molecule has 1 aliphatic heterocycles. The Kier molecular flexibility index (Phi) is 7.48. The molecule has 0 unspecified atom stereocenters. The molecule has 0 saturated heterocycles. The highest BCUT2D eigenvalue weighted by Gasteiger charge is 2.23. The van der Waals surface area contributed by atoms with Crippen LogP contribution in [-0.4, -0.2) is 25.9 Å². The zero-order chi connectivity index (χ0) is 17.3. The van der Waals surface area contributed by atoms with Gasteiger partial charge in [-0.2, -0.15) is 0 Å². The van der Waals surface area contributed by atoms with Crippen LogP contribution in [0.15, 0.2) is 24.3 Å². The molecule has 25 heavy (non-hydrogen) atoms. The van der Waals surface area contributed by atoms with Crippen molar-refractivity contribution in [2.75, 3.05) is 20.8 Å². The lowest BCUT2D eigenvalue weighted by atomic mass is 9.90. The third-order valence-electron chi connectivity index (χ3n) is 4.30. The van der Waals surface area contributed by atoms with Gasteiger partial charge in [-0.25, -0.2) is 0 Å². The third-order valence-corrected chi connectivity index (χ3v) is 5.91. The Balaban J connectivity index is 0.00000225. The van der Waals surface area contributed by atoms with Gasteiger partial charge in [-0.3, -0.25) is 0 Å². The largest absolute Gasteiger partial charge is 0.504 e. The van der Waals surface area contributed by atoms with Crippen molar-refractivity contribution in [3.63, 3.8) is 0 Å². The van der Waals surface area contributed by atoms with Crippen molar-refractivity contribution in [3.05, 3.63) is 48.1 Å². The highest BCUT2D eigenvalue weighted by molar-refractivity contribution is 14.1. The average molecular weight is 588 g/mol. The lowest BCUT2D eigenvalue weighted by molar-refractivity contribution is 0.370. The van der Waals surface area contributed by atoms with E-state index in [1.54, 1.807) is 14.2 Å². The lowest BCUT2D eigenvalue weighted by Gasteiger charge is -2.28. The van der Waals surface area contributed by atoms with Crippen LogP contribution in [-0.2, 0) is 12.8 Å². The fourth-order valence-electron chi connectivity index (χ4n) is 3.17. The van der Waals surface area contributed by atoms with Gasteiger partial charge in [0.25, 0.3) is 0 Å². The quantitative estimate of drug-likeness (QED) is 0.519. The van der Waals surface area contributed by atoms with E-state index < -0.39 is 0 Å². The molecule has 0 saturated carbocycles. The van der Waals surface area contributed by atoms with E-state index in [0.717, 1.165) is 32.3 Å². The SMILES string of the molecule is COc1cc2c(cc1O)CCN[C@H]2Cc1cc(I)c(OC)c(I)c1.Cl. The molecule has 0 aliphatic carbocycles. The summed E-state index contributed by atoms with van der Waals surface area (Å²) in [6.45, 7) is 0.910. The molecule has 7 heteroatoms. The molecule has 1 aliphatic rings. The van der Waals surface area contributed by atoms with E-state index in [0.29, 0.717) is 5.75 Å². The first-order valence-electron chi connectivity index (χ1n) is 7.68. The minimum atomic E-state index is 0. The summed E-state index contributed by atoms with van der Waals surface area (Å²) in [5, 5.41) is 13.6. The molecule has 0 aromatic heterocycles. The molecule has 0 spiro atoms. The molecule has 0 amide bonds. The van der Waals surface area contributed by atoms with E-state index in [4.69, 9.17) is 9.47 Å². The van der Waals surface area contributed by atoms with Crippen molar-refractivity contribution in [1.82, 2.24) is 5.32 Å². The van der Waals surface area contributed by atoms with E-state index in [2.05, 4.69) is 62.6 Å². The van der Waals surface area contributed by atoms with Crippen LogP contribution in [0.25, 0.3) is 0 Å². The van der Waals surface area contributed by atoms with Crippen molar-refractivity contribution < 1.29 is 14.6 Å². The van der Waals surface area contributed by atoms with Crippen LogP contribution in [0, 0.1) is 7.14 Å². The minimum Gasteiger partial charge on any atom is -0.504 e. The Bertz CT molecular complexity index is 747. The second-order valence-electron chi connectivity index (χ2n) is 5.78. The fourth-order valence-corrected chi connectivity index (χ4v) is 5.50. The van der Waals surface area contributed by atoms with Crippen molar-refractivity contribution in [3.8, 4) is 17.2 Å². The van der Waals surface area contributed by atoms with E-state index in [1.165, 1.54) is 16.7 Å². The zero-order valence-electron chi connectivity index (χ0n) is 13.9. The first-order valence-corrected chi connectivity index (χ1v) is 9.84. The number of hydrogen-bond donors (Lipinski definition) is 2. The van der Waals surface area contributed by atoms with Crippen molar-refractivity contribution in [1.29, 1.82) is 0 Å². The fraction of sp³-hybridized carbons (Fsp3) is 0.333. The monoisotopic (exact) mass is 587 g/mol. The predicted octanol–water partition coefficient (Wildman–Crippen LogP) is 4.47. The van der Waals surface area contributed by atoms with Crippen LogP contribution >= 0.6 is 57.6 Å². The van der Waals surface area contributed by atoms with Crippen LogP contribution in [0.4, 0.5) is 0 Å². The van der Waals surface area contributed by atoms with E-state index in [-0.39, 0.29) is 24.2 Å². The number of rotatable bonds is 4. The third kappa shape index (κ3) is 4.45. The Morgan fingerprint density at radius 3 is 2.40 bits per heavy atom. The van der Waals surface area contributed by atoms with Gasteiger partial charge in [0, 0.05) is 6.04 Å². The summed E-state index contributed by atoms with van der Waals surface area (Å²) in [7, 11) is 3.29. The second kappa shape index (κ2) is 8.96. The molecule has 3 rings (SSSR count). The molecule has 136 valence electrons. The van der Waals surface area contributed by atoms with Crippen molar-refractivity contribution >= 4 is 57.6 Å². The zero-order valence-corrected chi connectivity index (χ0v) is 19.1. The maximum absolute atomic E-state index is 10.0. The summed E-state index contributed by atoms with van der Waals surface area (Å²) in [6, 6.07) is 8.36.